The average molecular weight is 254 g/mol. The first-order valence-corrected chi connectivity index (χ1v) is 6.36. The molecular weight excluding hydrogens is 236 g/mol. The van der Waals surface area contributed by atoms with Gasteiger partial charge in [0, 0.05) is 0 Å². The fourth-order valence-electron chi connectivity index (χ4n) is 2.08. The highest BCUT2D eigenvalue weighted by atomic mass is 16.5. The fraction of sp³-hybridized carbons (Fsp3) is 0.235. The van der Waals surface area contributed by atoms with E-state index < -0.39 is 0 Å². The number of carbonyl (C=O) groups excluding carboxylic acids is 1. The van der Waals surface area contributed by atoms with Crippen molar-refractivity contribution in [1.82, 2.24) is 0 Å². The van der Waals surface area contributed by atoms with E-state index in [1.165, 1.54) is 16.7 Å². The molecule has 0 radical (unpaired) electrons. The van der Waals surface area contributed by atoms with Crippen molar-refractivity contribution in [2.75, 3.05) is 0 Å². The maximum absolute atomic E-state index is 10.5. The quantitative estimate of drug-likeness (QED) is 0.777. The maximum atomic E-state index is 10.5. The molecule has 0 heterocycles. The first kappa shape index (κ1) is 13.3. The lowest BCUT2D eigenvalue weighted by Crippen LogP contribution is -1.95. The molecule has 0 aliphatic carbocycles. The summed E-state index contributed by atoms with van der Waals surface area (Å²) in [5.41, 5.74) is 5.98. The third-order valence-electron chi connectivity index (χ3n) is 3.41. The third kappa shape index (κ3) is 3.22. The van der Waals surface area contributed by atoms with Crippen molar-refractivity contribution >= 4 is 6.47 Å². The Hall–Kier alpha value is -2.09. The Morgan fingerprint density at radius 1 is 0.895 bits per heavy atom. The van der Waals surface area contributed by atoms with Crippen molar-refractivity contribution in [3.05, 3.63) is 64.2 Å². The van der Waals surface area contributed by atoms with Crippen LogP contribution in [0.2, 0.25) is 0 Å². The molecule has 0 saturated heterocycles. The van der Waals surface area contributed by atoms with Crippen LogP contribution in [0.3, 0.4) is 0 Å². The average Bonchev–Trinajstić information content (AvgIpc) is 2.38. The molecule has 0 N–H and O–H groups in total. The van der Waals surface area contributed by atoms with E-state index >= 15 is 0 Å². The van der Waals surface area contributed by atoms with Crippen LogP contribution in [-0.4, -0.2) is 6.47 Å². The second-order valence-corrected chi connectivity index (χ2v) is 4.91. The zero-order valence-electron chi connectivity index (χ0n) is 11.6. The zero-order chi connectivity index (χ0) is 13.8. The van der Waals surface area contributed by atoms with E-state index in [1.807, 2.05) is 19.1 Å². The largest absolute Gasteiger partial charge is 0.428 e. The lowest BCUT2D eigenvalue weighted by Gasteiger charge is -2.08. The number of ether oxygens (including phenoxy) is 1. The summed E-state index contributed by atoms with van der Waals surface area (Å²) in [5, 5.41) is 0. The Morgan fingerprint density at radius 2 is 1.53 bits per heavy atom. The van der Waals surface area contributed by atoms with Gasteiger partial charge in [0.05, 0.1) is 0 Å². The summed E-state index contributed by atoms with van der Waals surface area (Å²) in [6.45, 7) is 6.64. The molecule has 98 valence electrons. The van der Waals surface area contributed by atoms with Gasteiger partial charge in [-0.15, -0.1) is 0 Å². The summed E-state index contributed by atoms with van der Waals surface area (Å²) in [5.74, 6) is 0.635. The number of hydrogen-bond acceptors (Lipinski definition) is 2. The molecule has 2 heteroatoms. The summed E-state index contributed by atoms with van der Waals surface area (Å²) in [7, 11) is 0. The van der Waals surface area contributed by atoms with Gasteiger partial charge in [0.25, 0.3) is 6.47 Å². The molecule has 0 aliphatic rings. The minimum Gasteiger partial charge on any atom is -0.428 e. The Balaban J connectivity index is 2.25. The second kappa shape index (κ2) is 5.70. The van der Waals surface area contributed by atoms with Gasteiger partial charge in [-0.1, -0.05) is 30.3 Å². The van der Waals surface area contributed by atoms with E-state index in [1.54, 1.807) is 0 Å². The van der Waals surface area contributed by atoms with Crippen molar-refractivity contribution in [3.8, 4) is 5.75 Å². The van der Waals surface area contributed by atoms with Crippen LogP contribution >= 0.6 is 0 Å². The van der Waals surface area contributed by atoms with E-state index in [0.29, 0.717) is 12.2 Å². The first-order chi connectivity index (χ1) is 9.10. The molecule has 0 spiro atoms. The SMILES string of the molecule is Cc1ccc(Cc2ccc(C)c(OC=O)c2)cc1C. The predicted molar refractivity (Wildman–Crippen MR) is 76.6 cm³/mol. The Bertz CT molecular complexity index is 600. The summed E-state index contributed by atoms with van der Waals surface area (Å²) in [6.07, 6.45) is 0.844. The Kier molecular flexibility index (Phi) is 4.00. The smallest absolute Gasteiger partial charge is 0.298 e. The topological polar surface area (TPSA) is 26.3 Å². The highest BCUT2D eigenvalue weighted by Gasteiger charge is 2.03. The predicted octanol–water partition coefficient (Wildman–Crippen LogP) is 3.74. The van der Waals surface area contributed by atoms with Crippen molar-refractivity contribution in [2.45, 2.75) is 27.2 Å². The van der Waals surface area contributed by atoms with Crippen molar-refractivity contribution in [3.63, 3.8) is 0 Å². The van der Waals surface area contributed by atoms with Gasteiger partial charge in [-0.3, -0.25) is 4.79 Å². The molecule has 2 aromatic rings. The van der Waals surface area contributed by atoms with Crippen LogP contribution in [0.1, 0.15) is 27.8 Å². The minimum absolute atomic E-state index is 0.474. The highest BCUT2D eigenvalue weighted by molar-refractivity contribution is 5.49. The van der Waals surface area contributed by atoms with Gasteiger partial charge >= 0.3 is 0 Å². The monoisotopic (exact) mass is 254 g/mol. The number of benzene rings is 2. The molecule has 0 atom stereocenters. The molecule has 0 aliphatic heterocycles. The van der Waals surface area contributed by atoms with Crippen molar-refractivity contribution in [2.24, 2.45) is 0 Å². The van der Waals surface area contributed by atoms with Crippen LogP contribution in [0.15, 0.2) is 36.4 Å². The highest BCUT2D eigenvalue weighted by Crippen LogP contribution is 2.21. The van der Waals surface area contributed by atoms with Gasteiger partial charge in [0.1, 0.15) is 5.75 Å². The van der Waals surface area contributed by atoms with E-state index in [4.69, 9.17) is 4.74 Å². The molecule has 2 nitrogen and oxygen atoms in total. The van der Waals surface area contributed by atoms with Crippen LogP contribution in [0.25, 0.3) is 0 Å². The fourth-order valence-corrected chi connectivity index (χ4v) is 2.08. The summed E-state index contributed by atoms with van der Waals surface area (Å²) < 4.78 is 4.98. The maximum Gasteiger partial charge on any atom is 0.298 e. The second-order valence-electron chi connectivity index (χ2n) is 4.91. The molecule has 0 amide bonds. The Morgan fingerprint density at radius 3 is 2.16 bits per heavy atom. The van der Waals surface area contributed by atoms with E-state index in [-0.39, 0.29) is 0 Å². The molecule has 0 unspecified atom stereocenters. The molecule has 0 bridgehead atoms. The van der Waals surface area contributed by atoms with Gasteiger partial charge in [-0.25, -0.2) is 0 Å². The van der Waals surface area contributed by atoms with Gasteiger partial charge in [-0.2, -0.15) is 0 Å². The van der Waals surface area contributed by atoms with E-state index in [2.05, 4.69) is 38.1 Å². The lowest BCUT2D eigenvalue weighted by atomic mass is 9.99. The standard InChI is InChI=1S/C17H18O2/c1-12-4-6-15(8-14(12)3)9-16-7-5-13(2)17(10-16)19-11-18/h4-8,10-11H,9H2,1-3H3. The number of hydrogen-bond donors (Lipinski definition) is 0. The summed E-state index contributed by atoms with van der Waals surface area (Å²) in [4.78, 5) is 10.5. The third-order valence-corrected chi connectivity index (χ3v) is 3.41. The normalized spacial score (nSPS) is 10.3. The summed E-state index contributed by atoms with van der Waals surface area (Å²) in [6, 6.07) is 12.5. The van der Waals surface area contributed by atoms with Crippen LogP contribution in [0, 0.1) is 20.8 Å². The molecule has 19 heavy (non-hydrogen) atoms. The van der Waals surface area contributed by atoms with Crippen LogP contribution < -0.4 is 4.74 Å². The molecular formula is C17H18O2. The van der Waals surface area contributed by atoms with Gasteiger partial charge < -0.3 is 4.74 Å². The van der Waals surface area contributed by atoms with E-state index in [9.17, 15) is 4.79 Å². The Labute approximate surface area is 114 Å². The molecule has 2 aromatic carbocycles. The molecule has 0 aromatic heterocycles. The van der Waals surface area contributed by atoms with Gasteiger partial charge in [-0.05, 0) is 61.1 Å². The van der Waals surface area contributed by atoms with Crippen molar-refractivity contribution < 1.29 is 9.53 Å². The lowest BCUT2D eigenvalue weighted by molar-refractivity contribution is -0.120. The van der Waals surface area contributed by atoms with Crippen LogP contribution in [0.4, 0.5) is 0 Å². The van der Waals surface area contributed by atoms with Crippen molar-refractivity contribution in [1.29, 1.82) is 0 Å². The van der Waals surface area contributed by atoms with Gasteiger partial charge in [0.15, 0.2) is 0 Å². The van der Waals surface area contributed by atoms with E-state index in [0.717, 1.165) is 17.5 Å². The number of rotatable bonds is 4. The van der Waals surface area contributed by atoms with Crippen LogP contribution in [0.5, 0.6) is 5.75 Å². The first-order valence-electron chi connectivity index (χ1n) is 6.36. The number of carbonyl (C=O) groups is 1. The van der Waals surface area contributed by atoms with Crippen LogP contribution in [-0.2, 0) is 11.2 Å². The zero-order valence-corrected chi connectivity index (χ0v) is 11.6. The number of aryl methyl sites for hydroxylation is 3. The minimum atomic E-state index is 0.474. The summed E-state index contributed by atoms with van der Waals surface area (Å²) >= 11 is 0. The molecule has 0 saturated carbocycles. The molecule has 2 rings (SSSR count). The molecule has 0 fully saturated rings. The van der Waals surface area contributed by atoms with Gasteiger partial charge in [0.2, 0.25) is 0 Å².